The summed E-state index contributed by atoms with van der Waals surface area (Å²) in [4.78, 5) is 2.42. The molecule has 0 radical (unpaired) electrons. The Bertz CT molecular complexity index is 4100. The maximum Gasteiger partial charge on any atom is 0.0726 e. The van der Waals surface area contributed by atoms with Crippen LogP contribution in [0.15, 0.2) is 291 Å². The Balaban J connectivity index is 0.861. The molecule has 0 fully saturated rings. The fourth-order valence-corrected chi connectivity index (χ4v) is 12.6. The molecule has 2 aliphatic carbocycles. The van der Waals surface area contributed by atoms with Crippen LogP contribution in [0.3, 0.4) is 0 Å². The van der Waals surface area contributed by atoms with Crippen molar-refractivity contribution in [1.29, 1.82) is 0 Å². The molecule has 75 heavy (non-hydrogen) atoms. The van der Waals surface area contributed by atoms with Crippen molar-refractivity contribution in [2.75, 3.05) is 4.90 Å². The number of nitrogens with zero attached hydrogens (tertiary/aromatic N) is 2. The van der Waals surface area contributed by atoms with Gasteiger partial charge in [0.2, 0.25) is 0 Å². The Morgan fingerprint density at radius 1 is 0.240 bits per heavy atom. The van der Waals surface area contributed by atoms with Crippen molar-refractivity contribution in [3.8, 4) is 72.4 Å². The highest BCUT2D eigenvalue weighted by Crippen LogP contribution is 2.63. The van der Waals surface area contributed by atoms with Gasteiger partial charge >= 0.3 is 0 Å². The number of hydrogen-bond acceptors (Lipinski definition) is 1. The summed E-state index contributed by atoms with van der Waals surface area (Å²) in [6.07, 6.45) is 0. The molecule has 0 saturated carbocycles. The molecule has 2 aliphatic rings. The van der Waals surface area contributed by atoms with E-state index in [9.17, 15) is 0 Å². The number of aromatic nitrogens is 1. The SMILES string of the molecule is c1ccc(-c2ccc(-c3ccc4c(c3)c3cc(-c5ccc(-c6ccccc6)cc5)ccc3n4-c3ccc(N(c4ccccc4)c4ccc5c(c4)C4(c6ccccc6-c6ccccc64)c4ccccc4-5)cc3)cc2)cc1. The standard InChI is InChI=1S/C73H48N2/c1-4-16-49(17-5-1)51-28-32-53(33-29-51)55-36-44-71-65(46-55)66-47-56(54-34-30-52(31-35-54)50-18-6-2-7-19-50)37-45-72(66)75(71)59-40-38-58(39-41-59)74(57-20-8-3-9-21-57)60-42-43-64-63-24-12-15-27-69(63)73(70(64)48-60)67-25-13-10-22-61(67)62-23-11-14-26-68(62)73/h1-48H. The van der Waals surface area contributed by atoms with E-state index in [1.807, 2.05) is 0 Å². The molecule has 2 heteroatoms. The van der Waals surface area contributed by atoms with Crippen molar-refractivity contribution >= 4 is 38.9 Å². The van der Waals surface area contributed by atoms with Crippen molar-refractivity contribution in [2.45, 2.75) is 5.41 Å². The van der Waals surface area contributed by atoms with Gasteiger partial charge in [0.15, 0.2) is 0 Å². The van der Waals surface area contributed by atoms with Crippen LogP contribution in [0, 0.1) is 0 Å². The predicted molar refractivity (Wildman–Crippen MR) is 314 cm³/mol. The number of anilines is 3. The van der Waals surface area contributed by atoms with E-state index >= 15 is 0 Å². The Morgan fingerprint density at radius 2 is 0.587 bits per heavy atom. The largest absolute Gasteiger partial charge is 0.310 e. The Labute approximate surface area is 437 Å². The predicted octanol–water partition coefficient (Wildman–Crippen LogP) is 19.3. The molecule has 15 rings (SSSR count). The number of rotatable bonds is 8. The van der Waals surface area contributed by atoms with Gasteiger partial charge in [0, 0.05) is 33.5 Å². The first-order valence-corrected chi connectivity index (χ1v) is 26.0. The number of para-hydroxylation sites is 1. The molecule has 13 aromatic rings. The lowest BCUT2D eigenvalue weighted by atomic mass is 9.70. The van der Waals surface area contributed by atoms with Gasteiger partial charge in [-0.05, 0) is 162 Å². The second-order valence-electron chi connectivity index (χ2n) is 20.0. The van der Waals surface area contributed by atoms with Gasteiger partial charge in [-0.2, -0.15) is 0 Å². The lowest BCUT2D eigenvalue weighted by Gasteiger charge is -2.32. The Kier molecular flexibility index (Phi) is 9.83. The van der Waals surface area contributed by atoms with Crippen molar-refractivity contribution in [1.82, 2.24) is 4.57 Å². The summed E-state index contributed by atoms with van der Waals surface area (Å²) in [5.74, 6) is 0. The minimum atomic E-state index is -0.436. The van der Waals surface area contributed by atoms with E-state index in [2.05, 4.69) is 301 Å². The minimum Gasteiger partial charge on any atom is -0.310 e. The first-order chi connectivity index (χ1) is 37.2. The van der Waals surface area contributed by atoms with Crippen molar-refractivity contribution in [3.05, 3.63) is 313 Å². The van der Waals surface area contributed by atoms with Crippen LogP contribution in [-0.4, -0.2) is 4.57 Å². The van der Waals surface area contributed by atoms with E-state index < -0.39 is 5.41 Å². The molecule has 350 valence electrons. The normalized spacial score (nSPS) is 12.6. The van der Waals surface area contributed by atoms with E-state index in [0.717, 1.165) is 22.7 Å². The van der Waals surface area contributed by atoms with Gasteiger partial charge in [-0.3, -0.25) is 0 Å². The lowest BCUT2D eigenvalue weighted by Crippen LogP contribution is -2.26. The van der Waals surface area contributed by atoms with Crippen LogP contribution >= 0.6 is 0 Å². The van der Waals surface area contributed by atoms with E-state index in [0.29, 0.717) is 0 Å². The van der Waals surface area contributed by atoms with Crippen LogP contribution in [0.2, 0.25) is 0 Å². The molecule has 0 aliphatic heterocycles. The van der Waals surface area contributed by atoms with E-state index in [1.54, 1.807) is 0 Å². The molecule has 2 nitrogen and oxygen atoms in total. The Morgan fingerprint density at radius 3 is 1.05 bits per heavy atom. The van der Waals surface area contributed by atoms with Gasteiger partial charge in [0.05, 0.1) is 16.4 Å². The summed E-state index contributed by atoms with van der Waals surface area (Å²) in [7, 11) is 0. The molecule has 0 unspecified atom stereocenters. The van der Waals surface area contributed by atoms with Gasteiger partial charge in [0.1, 0.15) is 0 Å². The maximum atomic E-state index is 2.47. The lowest BCUT2D eigenvalue weighted by molar-refractivity contribution is 0.793. The zero-order valence-electron chi connectivity index (χ0n) is 41.1. The maximum absolute atomic E-state index is 2.47. The molecule has 0 bridgehead atoms. The van der Waals surface area contributed by atoms with Crippen LogP contribution < -0.4 is 4.90 Å². The highest BCUT2D eigenvalue weighted by atomic mass is 15.1. The van der Waals surface area contributed by atoms with Gasteiger partial charge in [-0.15, -0.1) is 0 Å². The summed E-state index contributed by atoms with van der Waals surface area (Å²) < 4.78 is 2.44. The number of fused-ring (bicyclic) bond motifs is 13. The molecular formula is C73H48N2. The zero-order valence-corrected chi connectivity index (χ0v) is 41.1. The van der Waals surface area contributed by atoms with E-state index in [4.69, 9.17) is 0 Å². The quantitative estimate of drug-likeness (QED) is 0.147. The molecule has 1 spiro atoms. The first-order valence-electron chi connectivity index (χ1n) is 26.0. The smallest absolute Gasteiger partial charge is 0.0726 e. The average Bonchev–Trinajstić information content (AvgIpc) is 4.12. The van der Waals surface area contributed by atoms with Crippen molar-refractivity contribution < 1.29 is 0 Å². The van der Waals surface area contributed by atoms with Gasteiger partial charge < -0.3 is 9.47 Å². The number of benzene rings is 12. The number of hydrogen-bond donors (Lipinski definition) is 0. The minimum absolute atomic E-state index is 0.436. The van der Waals surface area contributed by atoms with Gasteiger partial charge in [0.25, 0.3) is 0 Å². The van der Waals surface area contributed by atoms with Crippen LogP contribution in [0.25, 0.3) is 94.3 Å². The summed E-state index contributed by atoms with van der Waals surface area (Å²) in [5, 5.41) is 2.44. The fourth-order valence-electron chi connectivity index (χ4n) is 12.6. The molecule has 0 amide bonds. The molecule has 0 N–H and O–H groups in total. The monoisotopic (exact) mass is 952 g/mol. The molecular weight excluding hydrogens is 905 g/mol. The summed E-state index contributed by atoms with van der Waals surface area (Å²) in [6.45, 7) is 0. The molecule has 12 aromatic carbocycles. The highest BCUT2D eigenvalue weighted by molar-refractivity contribution is 6.12. The van der Waals surface area contributed by atoms with Crippen molar-refractivity contribution in [2.24, 2.45) is 0 Å². The van der Waals surface area contributed by atoms with Crippen LogP contribution in [0.4, 0.5) is 17.1 Å². The third-order valence-electron chi connectivity index (χ3n) is 16.0. The van der Waals surface area contributed by atoms with Crippen LogP contribution in [0.5, 0.6) is 0 Å². The van der Waals surface area contributed by atoms with Gasteiger partial charge in [-0.25, -0.2) is 0 Å². The molecule has 0 saturated heterocycles. The van der Waals surface area contributed by atoms with E-state index in [-0.39, 0.29) is 0 Å². The summed E-state index contributed by atoms with van der Waals surface area (Å²) in [5.41, 5.74) is 26.5. The Hall–Kier alpha value is -9.76. The van der Waals surface area contributed by atoms with Crippen molar-refractivity contribution in [3.63, 3.8) is 0 Å². The topological polar surface area (TPSA) is 8.17 Å². The highest BCUT2D eigenvalue weighted by Gasteiger charge is 2.51. The second kappa shape index (κ2) is 17.2. The van der Waals surface area contributed by atoms with E-state index in [1.165, 1.54) is 111 Å². The second-order valence-corrected chi connectivity index (χ2v) is 20.0. The molecule has 1 heterocycles. The first kappa shape index (κ1) is 42.9. The average molecular weight is 953 g/mol. The summed E-state index contributed by atoms with van der Waals surface area (Å²) in [6, 6.07) is 107. The van der Waals surface area contributed by atoms with Crippen LogP contribution in [0.1, 0.15) is 22.3 Å². The fraction of sp³-hybridized carbons (Fsp3) is 0.0137. The molecule has 0 atom stereocenters. The summed E-state index contributed by atoms with van der Waals surface area (Å²) >= 11 is 0. The third kappa shape index (κ3) is 6.73. The third-order valence-corrected chi connectivity index (χ3v) is 16.0. The van der Waals surface area contributed by atoms with Crippen LogP contribution in [-0.2, 0) is 5.41 Å². The molecule has 1 aromatic heterocycles. The zero-order chi connectivity index (χ0) is 49.5. The van der Waals surface area contributed by atoms with Gasteiger partial charge in [-0.1, -0.05) is 218 Å².